The molecule has 1 aliphatic carbocycles. The van der Waals surface area contributed by atoms with E-state index in [0.717, 1.165) is 12.8 Å². The first kappa shape index (κ1) is 15.2. The van der Waals surface area contributed by atoms with Crippen LogP contribution in [0.3, 0.4) is 0 Å². The van der Waals surface area contributed by atoms with Crippen LogP contribution in [0.25, 0.3) is 10.2 Å². The topological polar surface area (TPSA) is 72.0 Å². The van der Waals surface area contributed by atoms with Gasteiger partial charge in [-0.2, -0.15) is 0 Å². The number of carbonyl (C=O) groups excluding carboxylic acids is 1. The van der Waals surface area contributed by atoms with Gasteiger partial charge >= 0.3 is 5.97 Å². The molecule has 0 unspecified atom stereocenters. The Morgan fingerprint density at radius 3 is 2.77 bits per heavy atom. The molecule has 1 saturated carbocycles. The minimum atomic E-state index is -0.330. The lowest BCUT2D eigenvalue weighted by Crippen LogP contribution is -2.16. The SMILES string of the molecule is Cc1nc2sc(C(=O)OCC3CCCCC3)c(C)c2c(=O)[nH]1. The summed E-state index contributed by atoms with van der Waals surface area (Å²) in [5, 5.41) is 0.500. The van der Waals surface area contributed by atoms with Crippen LogP contribution in [0.4, 0.5) is 0 Å². The fourth-order valence-electron chi connectivity index (χ4n) is 3.06. The summed E-state index contributed by atoms with van der Waals surface area (Å²) in [6, 6.07) is 0. The summed E-state index contributed by atoms with van der Waals surface area (Å²) >= 11 is 1.24. The lowest BCUT2D eigenvalue weighted by atomic mass is 9.90. The molecule has 0 atom stereocenters. The molecule has 0 aromatic carbocycles. The third-order valence-electron chi connectivity index (χ3n) is 4.28. The minimum absolute atomic E-state index is 0.192. The Hall–Kier alpha value is -1.69. The molecule has 0 saturated heterocycles. The van der Waals surface area contributed by atoms with Crippen LogP contribution in [-0.4, -0.2) is 22.5 Å². The van der Waals surface area contributed by atoms with Gasteiger partial charge in [0.15, 0.2) is 0 Å². The number of aryl methyl sites for hydroxylation is 2. The summed E-state index contributed by atoms with van der Waals surface area (Å²) in [6.07, 6.45) is 6.01. The van der Waals surface area contributed by atoms with Crippen molar-refractivity contribution in [2.24, 2.45) is 5.92 Å². The summed E-state index contributed by atoms with van der Waals surface area (Å²) in [5.74, 6) is 0.708. The van der Waals surface area contributed by atoms with Crippen molar-refractivity contribution in [3.63, 3.8) is 0 Å². The van der Waals surface area contributed by atoms with Gasteiger partial charge in [-0.05, 0) is 38.2 Å². The highest BCUT2D eigenvalue weighted by Gasteiger charge is 2.22. The van der Waals surface area contributed by atoms with Crippen molar-refractivity contribution in [3.8, 4) is 0 Å². The smallest absolute Gasteiger partial charge is 0.348 e. The zero-order valence-electron chi connectivity index (χ0n) is 12.9. The molecule has 5 nitrogen and oxygen atoms in total. The number of H-pyrrole nitrogens is 1. The number of ether oxygens (including phenoxy) is 1. The van der Waals surface area contributed by atoms with Crippen molar-refractivity contribution >= 4 is 27.5 Å². The van der Waals surface area contributed by atoms with Crippen LogP contribution in [0.5, 0.6) is 0 Å². The van der Waals surface area contributed by atoms with Crippen LogP contribution in [0.2, 0.25) is 0 Å². The van der Waals surface area contributed by atoms with Crippen LogP contribution in [0.15, 0.2) is 4.79 Å². The third kappa shape index (κ3) is 2.92. The molecular formula is C16H20N2O3S. The number of rotatable bonds is 3. The van der Waals surface area contributed by atoms with Crippen LogP contribution in [0.1, 0.15) is 53.2 Å². The number of aromatic nitrogens is 2. The van der Waals surface area contributed by atoms with Gasteiger partial charge in [-0.3, -0.25) is 4.79 Å². The van der Waals surface area contributed by atoms with E-state index in [1.807, 2.05) is 0 Å². The maximum atomic E-state index is 12.3. The van der Waals surface area contributed by atoms with Crippen LogP contribution in [0, 0.1) is 19.8 Å². The second-order valence-corrected chi connectivity index (χ2v) is 6.99. The van der Waals surface area contributed by atoms with Crippen molar-refractivity contribution < 1.29 is 9.53 Å². The van der Waals surface area contributed by atoms with Gasteiger partial charge in [0.2, 0.25) is 0 Å². The summed E-state index contributed by atoms with van der Waals surface area (Å²) in [7, 11) is 0. The monoisotopic (exact) mass is 320 g/mol. The molecule has 2 aromatic heterocycles. The van der Waals surface area contributed by atoms with Crippen LogP contribution in [-0.2, 0) is 4.74 Å². The number of nitrogens with one attached hydrogen (secondary N) is 1. The number of aromatic amines is 1. The maximum Gasteiger partial charge on any atom is 0.348 e. The van der Waals surface area contributed by atoms with Crippen molar-refractivity contribution in [1.82, 2.24) is 9.97 Å². The van der Waals surface area contributed by atoms with Gasteiger partial charge < -0.3 is 9.72 Å². The number of thiophene rings is 1. The molecule has 0 bridgehead atoms. The van der Waals surface area contributed by atoms with Crippen LogP contribution < -0.4 is 5.56 Å². The molecule has 1 fully saturated rings. The Morgan fingerprint density at radius 1 is 1.32 bits per heavy atom. The molecule has 0 amide bonds. The summed E-state index contributed by atoms with van der Waals surface area (Å²) in [4.78, 5) is 32.4. The molecule has 0 aliphatic heterocycles. The van der Waals surface area contributed by atoms with Crippen LogP contribution >= 0.6 is 11.3 Å². The normalized spacial score (nSPS) is 16.1. The standard InChI is InChI=1S/C16H20N2O3S/c1-9-12-14(19)17-10(2)18-15(12)22-13(9)16(20)21-8-11-6-4-3-5-7-11/h11H,3-8H2,1-2H3,(H,17,18,19). The Balaban J connectivity index is 1.80. The molecule has 0 spiro atoms. The van der Waals surface area contributed by atoms with E-state index in [2.05, 4.69) is 9.97 Å². The molecule has 6 heteroatoms. The van der Waals surface area contributed by atoms with Crippen molar-refractivity contribution in [1.29, 1.82) is 0 Å². The highest BCUT2D eigenvalue weighted by Crippen LogP contribution is 2.29. The number of carbonyl (C=O) groups is 1. The molecule has 1 aliphatic rings. The third-order valence-corrected chi connectivity index (χ3v) is 5.44. The number of hydrogen-bond donors (Lipinski definition) is 1. The van der Waals surface area contributed by atoms with Gasteiger partial charge in [0, 0.05) is 0 Å². The zero-order valence-corrected chi connectivity index (χ0v) is 13.7. The van der Waals surface area contributed by atoms with Crippen molar-refractivity contribution in [2.45, 2.75) is 46.0 Å². The zero-order chi connectivity index (χ0) is 15.7. The highest BCUT2D eigenvalue weighted by molar-refractivity contribution is 7.20. The second-order valence-electron chi connectivity index (χ2n) is 5.99. The van der Waals surface area contributed by atoms with Gasteiger partial charge in [0.25, 0.3) is 5.56 Å². The Morgan fingerprint density at radius 2 is 2.05 bits per heavy atom. The summed E-state index contributed by atoms with van der Waals surface area (Å²) < 4.78 is 5.48. The lowest BCUT2D eigenvalue weighted by molar-refractivity contribution is 0.0415. The van der Waals surface area contributed by atoms with E-state index >= 15 is 0 Å². The van der Waals surface area contributed by atoms with E-state index in [-0.39, 0.29) is 11.5 Å². The predicted octanol–water partition coefficient (Wildman–Crippen LogP) is 3.34. The van der Waals surface area contributed by atoms with E-state index in [0.29, 0.717) is 39.0 Å². The van der Waals surface area contributed by atoms with Gasteiger partial charge in [0.05, 0.1) is 12.0 Å². The number of nitrogens with zero attached hydrogens (tertiary/aromatic N) is 1. The molecule has 118 valence electrons. The fourth-order valence-corrected chi connectivity index (χ4v) is 4.18. The van der Waals surface area contributed by atoms with E-state index in [9.17, 15) is 9.59 Å². The molecular weight excluding hydrogens is 300 g/mol. The van der Waals surface area contributed by atoms with Gasteiger partial charge in [-0.1, -0.05) is 19.3 Å². The number of esters is 1. The maximum absolute atomic E-state index is 12.3. The summed E-state index contributed by atoms with van der Waals surface area (Å²) in [5.41, 5.74) is 0.477. The largest absolute Gasteiger partial charge is 0.461 e. The van der Waals surface area contributed by atoms with E-state index in [4.69, 9.17) is 4.74 Å². The average molecular weight is 320 g/mol. The van der Waals surface area contributed by atoms with Crippen molar-refractivity contribution in [2.75, 3.05) is 6.61 Å². The van der Waals surface area contributed by atoms with Gasteiger partial charge in [0.1, 0.15) is 15.5 Å². The minimum Gasteiger partial charge on any atom is -0.461 e. The lowest BCUT2D eigenvalue weighted by Gasteiger charge is -2.20. The van der Waals surface area contributed by atoms with E-state index in [1.165, 1.54) is 30.6 Å². The molecule has 2 aromatic rings. The highest BCUT2D eigenvalue weighted by atomic mass is 32.1. The fraction of sp³-hybridized carbons (Fsp3) is 0.562. The van der Waals surface area contributed by atoms with E-state index in [1.54, 1.807) is 13.8 Å². The Kier molecular flexibility index (Phi) is 4.29. The Labute approximate surface area is 132 Å². The van der Waals surface area contributed by atoms with Gasteiger partial charge in [-0.15, -0.1) is 11.3 Å². The average Bonchev–Trinajstić information content (AvgIpc) is 2.83. The number of hydrogen-bond acceptors (Lipinski definition) is 5. The molecule has 1 N–H and O–H groups in total. The van der Waals surface area contributed by atoms with Gasteiger partial charge in [-0.25, -0.2) is 9.78 Å². The molecule has 3 rings (SSSR count). The Bertz CT molecular complexity index is 757. The van der Waals surface area contributed by atoms with E-state index < -0.39 is 0 Å². The molecule has 22 heavy (non-hydrogen) atoms. The van der Waals surface area contributed by atoms with Crippen molar-refractivity contribution in [3.05, 3.63) is 26.6 Å². The first-order valence-corrected chi connectivity index (χ1v) is 8.55. The first-order valence-electron chi connectivity index (χ1n) is 7.73. The molecule has 0 radical (unpaired) electrons. The quantitative estimate of drug-likeness (QED) is 0.880. The first-order chi connectivity index (χ1) is 10.6. The molecule has 2 heterocycles. The predicted molar refractivity (Wildman–Crippen MR) is 86.6 cm³/mol. The second kappa shape index (κ2) is 6.20. The summed E-state index contributed by atoms with van der Waals surface area (Å²) in [6.45, 7) is 3.99. The number of fused-ring (bicyclic) bond motifs is 1.